The van der Waals surface area contributed by atoms with E-state index in [4.69, 9.17) is 9.31 Å². The average molecular weight is 378 g/mol. The molecule has 2 aromatic rings. The molecule has 0 aromatic heterocycles. The van der Waals surface area contributed by atoms with Gasteiger partial charge in [-0.25, -0.2) is 0 Å². The number of hydrogen-bond acceptors (Lipinski definition) is 10. The summed E-state index contributed by atoms with van der Waals surface area (Å²) in [6, 6.07) is 5.60. The van der Waals surface area contributed by atoms with Crippen molar-refractivity contribution in [3.05, 3.63) is 76.9 Å². The SMILES string of the molecule is O=[N+]([O-])c1ccc(OBOc2ccc([N+](=O)[O-])c([N+](=O)[O-])c2)cc1[N+](=O)[O-]. The maximum absolute atomic E-state index is 10.9. The molecule has 138 valence electrons. The third-order valence-corrected chi connectivity index (χ3v) is 3.13. The first-order valence-corrected chi connectivity index (χ1v) is 6.82. The summed E-state index contributed by atoms with van der Waals surface area (Å²) in [6.45, 7) is 0. The Morgan fingerprint density at radius 3 is 1.22 bits per heavy atom. The van der Waals surface area contributed by atoms with E-state index >= 15 is 0 Å². The molecule has 0 saturated carbocycles. The van der Waals surface area contributed by atoms with Crippen LogP contribution in [0.1, 0.15) is 0 Å². The molecule has 0 aliphatic carbocycles. The summed E-state index contributed by atoms with van der Waals surface area (Å²) in [5.41, 5.74) is -3.02. The van der Waals surface area contributed by atoms with Crippen molar-refractivity contribution in [2.75, 3.05) is 0 Å². The van der Waals surface area contributed by atoms with E-state index in [9.17, 15) is 40.5 Å². The normalized spacial score (nSPS) is 9.93. The number of benzene rings is 2. The Balaban J connectivity index is 2.13. The minimum atomic E-state index is -0.953. The van der Waals surface area contributed by atoms with Crippen LogP contribution in [0.15, 0.2) is 36.4 Å². The molecule has 0 amide bonds. The predicted molar refractivity (Wildman–Crippen MR) is 87.9 cm³/mol. The number of rotatable bonds is 8. The van der Waals surface area contributed by atoms with E-state index in [1.54, 1.807) is 0 Å². The predicted octanol–water partition coefficient (Wildman–Crippen LogP) is 2.04. The fourth-order valence-electron chi connectivity index (χ4n) is 1.95. The molecule has 0 aliphatic rings. The van der Waals surface area contributed by atoms with Crippen LogP contribution in [0.2, 0.25) is 0 Å². The van der Waals surface area contributed by atoms with Crippen LogP contribution in [-0.2, 0) is 0 Å². The van der Waals surface area contributed by atoms with Crippen LogP contribution in [0.25, 0.3) is 0 Å². The van der Waals surface area contributed by atoms with Crippen LogP contribution in [-0.4, -0.2) is 27.4 Å². The molecule has 2 rings (SSSR count). The summed E-state index contributed by atoms with van der Waals surface area (Å²) in [4.78, 5) is 39.4. The van der Waals surface area contributed by atoms with Crippen molar-refractivity contribution in [1.29, 1.82) is 0 Å². The largest absolute Gasteiger partial charge is 0.576 e. The summed E-state index contributed by atoms with van der Waals surface area (Å²) < 4.78 is 10.1. The molecule has 0 saturated heterocycles. The first kappa shape index (κ1) is 19.0. The van der Waals surface area contributed by atoms with Gasteiger partial charge >= 0.3 is 30.4 Å². The summed E-state index contributed by atoms with van der Waals surface area (Å²) in [7, 11) is -0.566. The van der Waals surface area contributed by atoms with Crippen LogP contribution in [0, 0.1) is 40.5 Å². The number of nitro benzene ring substituents is 4. The minimum absolute atomic E-state index is 0.122. The first-order chi connectivity index (χ1) is 12.7. The third-order valence-electron chi connectivity index (χ3n) is 3.13. The zero-order valence-corrected chi connectivity index (χ0v) is 13.0. The Morgan fingerprint density at radius 2 is 0.926 bits per heavy atom. The Morgan fingerprint density at radius 1 is 0.593 bits per heavy atom. The quantitative estimate of drug-likeness (QED) is 0.373. The second-order valence-electron chi connectivity index (χ2n) is 4.74. The highest BCUT2D eigenvalue weighted by molar-refractivity contribution is 6.20. The second-order valence-corrected chi connectivity index (χ2v) is 4.74. The zero-order valence-electron chi connectivity index (χ0n) is 13.0. The van der Waals surface area contributed by atoms with Crippen molar-refractivity contribution in [1.82, 2.24) is 0 Å². The van der Waals surface area contributed by atoms with Crippen LogP contribution in [0.3, 0.4) is 0 Å². The molecule has 0 atom stereocenters. The van der Waals surface area contributed by atoms with E-state index in [1.165, 1.54) is 0 Å². The molecule has 0 fully saturated rings. The Hall–Kier alpha value is -4.30. The number of nitrogens with zero attached hydrogens (tertiary/aromatic N) is 4. The van der Waals surface area contributed by atoms with Gasteiger partial charge in [0.05, 0.1) is 31.8 Å². The van der Waals surface area contributed by atoms with Gasteiger partial charge in [-0.3, -0.25) is 40.5 Å². The average Bonchev–Trinajstić information content (AvgIpc) is 2.61. The standard InChI is InChI=1S/C12H7BN4O10/c18-14(19)9-3-1-7(5-11(9)16(22)23)26-13-27-8-2-4-10(15(20)21)12(6-8)17(24)25/h1-6,13H. The van der Waals surface area contributed by atoms with E-state index in [0.717, 1.165) is 36.4 Å². The second kappa shape index (κ2) is 7.73. The van der Waals surface area contributed by atoms with E-state index in [2.05, 4.69) is 0 Å². The van der Waals surface area contributed by atoms with E-state index < -0.39 is 50.1 Å². The van der Waals surface area contributed by atoms with Crippen molar-refractivity contribution in [3.63, 3.8) is 0 Å². The van der Waals surface area contributed by atoms with Gasteiger partial charge in [0.25, 0.3) is 0 Å². The first-order valence-electron chi connectivity index (χ1n) is 6.82. The van der Waals surface area contributed by atoms with Crippen LogP contribution in [0.5, 0.6) is 11.5 Å². The molecule has 0 unspecified atom stereocenters. The van der Waals surface area contributed by atoms with Crippen molar-refractivity contribution < 1.29 is 29.0 Å². The topological polar surface area (TPSA) is 191 Å². The Labute approximate surface area is 148 Å². The Bertz CT molecular complexity index is 874. The van der Waals surface area contributed by atoms with Gasteiger partial charge in [0.1, 0.15) is 11.5 Å². The lowest BCUT2D eigenvalue weighted by Crippen LogP contribution is -2.11. The van der Waals surface area contributed by atoms with Gasteiger partial charge in [0.2, 0.25) is 0 Å². The minimum Gasteiger partial charge on any atom is -0.528 e. The van der Waals surface area contributed by atoms with Crippen molar-refractivity contribution in [3.8, 4) is 11.5 Å². The van der Waals surface area contributed by atoms with Gasteiger partial charge in [-0.15, -0.1) is 0 Å². The highest BCUT2D eigenvalue weighted by Gasteiger charge is 2.26. The molecule has 0 heterocycles. The summed E-state index contributed by atoms with van der Waals surface area (Å²) in [5.74, 6) is -0.243. The molecular weight excluding hydrogens is 371 g/mol. The molecule has 0 bridgehead atoms. The molecule has 0 radical (unpaired) electrons. The lowest BCUT2D eigenvalue weighted by atomic mass is 10.2. The van der Waals surface area contributed by atoms with Crippen molar-refractivity contribution in [2.24, 2.45) is 0 Å². The zero-order chi connectivity index (χ0) is 20.1. The van der Waals surface area contributed by atoms with E-state index in [1.807, 2.05) is 0 Å². The molecule has 0 aliphatic heterocycles. The van der Waals surface area contributed by atoms with Gasteiger partial charge in [-0.1, -0.05) is 0 Å². The smallest absolute Gasteiger partial charge is 0.528 e. The molecule has 14 nitrogen and oxygen atoms in total. The van der Waals surface area contributed by atoms with Gasteiger partial charge in [0, 0.05) is 12.1 Å². The number of nitro groups is 4. The van der Waals surface area contributed by atoms with Gasteiger partial charge in [-0.2, -0.15) is 0 Å². The maximum atomic E-state index is 10.9. The fourth-order valence-corrected chi connectivity index (χ4v) is 1.95. The highest BCUT2D eigenvalue weighted by atomic mass is 16.6. The molecule has 0 spiro atoms. The summed E-state index contributed by atoms with van der Waals surface area (Å²) in [6.07, 6.45) is 0. The lowest BCUT2D eigenvalue weighted by Gasteiger charge is -2.07. The van der Waals surface area contributed by atoms with Crippen LogP contribution in [0.4, 0.5) is 22.7 Å². The van der Waals surface area contributed by atoms with Gasteiger partial charge in [0.15, 0.2) is 0 Å². The fraction of sp³-hybridized carbons (Fsp3) is 0. The van der Waals surface area contributed by atoms with Crippen LogP contribution >= 0.6 is 0 Å². The van der Waals surface area contributed by atoms with Crippen molar-refractivity contribution in [2.45, 2.75) is 0 Å². The maximum Gasteiger partial charge on any atom is 0.576 e. The van der Waals surface area contributed by atoms with Gasteiger partial charge in [-0.05, 0) is 12.1 Å². The van der Waals surface area contributed by atoms with Gasteiger partial charge < -0.3 is 9.31 Å². The highest BCUT2D eigenvalue weighted by Crippen LogP contribution is 2.32. The molecule has 15 heteroatoms. The monoisotopic (exact) mass is 378 g/mol. The van der Waals surface area contributed by atoms with Crippen molar-refractivity contribution >= 4 is 30.4 Å². The summed E-state index contributed by atoms with van der Waals surface area (Å²) >= 11 is 0. The molecular formula is C12H7BN4O10. The lowest BCUT2D eigenvalue weighted by molar-refractivity contribution is -0.422. The number of hydrogen-bond donors (Lipinski definition) is 0. The molecule has 0 N–H and O–H groups in total. The van der Waals surface area contributed by atoms with E-state index in [0.29, 0.717) is 0 Å². The Kier molecular flexibility index (Phi) is 5.45. The van der Waals surface area contributed by atoms with Crippen LogP contribution < -0.4 is 9.31 Å². The molecule has 2 aromatic carbocycles. The molecule has 27 heavy (non-hydrogen) atoms. The third kappa shape index (κ3) is 4.41. The summed E-state index contributed by atoms with van der Waals surface area (Å²) in [5, 5.41) is 43.2. The van der Waals surface area contributed by atoms with E-state index in [-0.39, 0.29) is 11.5 Å².